The molecule has 8 heteroatoms. The highest BCUT2D eigenvalue weighted by molar-refractivity contribution is 7.13. The van der Waals surface area contributed by atoms with Crippen LogP contribution in [0.4, 0.5) is 5.69 Å². The Bertz CT molecular complexity index is 1090. The lowest BCUT2D eigenvalue weighted by molar-refractivity contribution is 0.0950. The van der Waals surface area contributed by atoms with Gasteiger partial charge in [0.05, 0.1) is 18.2 Å². The zero-order chi connectivity index (χ0) is 22.3. The number of carbonyl (C=O) groups excluding carboxylic acids is 1. The van der Waals surface area contributed by atoms with Gasteiger partial charge < -0.3 is 10.2 Å². The van der Waals surface area contributed by atoms with Gasteiger partial charge in [-0.05, 0) is 43.2 Å². The van der Waals surface area contributed by atoms with E-state index in [1.54, 1.807) is 0 Å². The first kappa shape index (κ1) is 21.9. The van der Waals surface area contributed by atoms with Crippen LogP contribution in [0.15, 0.2) is 48.5 Å². The van der Waals surface area contributed by atoms with E-state index in [1.807, 2.05) is 55.5 Å². The molecule has 0 spiro atoms. The number of amides is 1. The molecular formula is C24H26N6OS. The van der Waals surface area contributed by atoms with Crippen molar-refractivity contribution in [3.63, 3.8) is 0 Å². The molecule has 1 amide bonds. The predicted molar refractivity (Wildman–Crippen MR) is 126 cm³/mol. The molecule has 4 rings (SSSR count). The molecule has 0 aliphatic carbocycles. The van der Waals surface area contributed by atoms with Gasteiger partial charge in [-0.15, -0.1) is 10.2 Å². The van der Waals surface area contributed by atoms with Gasteiger partial charge in [0.15, 0.2) is 0 Å². The van der Waals surface area contributed by atoms with Crippen molar-refractivity contribution in [2.45, 2.75) is 26.4 Å². The number of anilines is 1. The fourth-order valence-electron chi connectivity index (χ4n) is 3.70. The monoisotopic (exact) mass is 446 g/mol. The van der Waals surface area contributed by atoms with Crippen molar-refractivity contribution in [1.82, 2.24) is 20.4 Å². The highest BCUT2D eigenvalue weighted by atomic mass is 32.1. The quantitative estimate of drug-likeness (QED) is 0.625. The fourth-order valence-corrected chi connectivity index (χ4v) is 4.50. The van der Waals surface area contributed by atoms with Crippen LogP contribution in [0.25, 0.3) is 0 Å². The molecule has 32 heavy (non-hydrogen) atoms. The Morgan fingerprint density at radius 3 is 2.59 bits per heavy atom. The van der Waals surface area contributed by atoms with Crippen molar-refractivity contribution in [2.75, 3.05) is 31.1 Å². The molecule has 2 aromatic carbocycles. The third-order valence-electron chi connectivity index (χ3n) is 5.54. The van der Waals surface area contributed by atoms with Crippen LogP contribution < -0.4 is 10.2 Å². The molecule has 1 aliphatic rings. The molecule has 0 radical (unpaired) electrons. The summed E-state index contributed by atoms with van der Waals surface area (Å²) in [6, 6.07) is 18.0. The van der Waals surface area contributed by atoms with Crippen LogP contribution in [0.3, 0.4) is 0 Å². The maximum atomic E-state index is 12.4. The van der Waals surface area contributed by atoms with E-state index in [4.69, 9.17) is 5.26 Å². The summed E-state index contributed by atoms with van der Waals surface area (Å²) >= 11 is 1.36. The van der Waals surface area contributed by atoms with Gasteiger partial charge >= 0.3 is 0 Å². The van der Waals surface area contributed by atoms with Crippen LogP contribution >= 0.6 is 11.3 Å². The zero-order valence-electron chi connectivity index (χ0n) is 18.1. The number of carbonyl (C=O) groups is 1. The molecule has 1 saturated heterocycles. The van der Waals surface area contributed by atoms with Crippen molar-refractivity contribution in [3.8, 4) is 6.07 Å². The Hall–Kier alpha value is -3.28. The summed E-state index contributed by atoms with van der Waals surface area (Å²) < 4.78 is 0. The summed E-state index contributed by atoms with van der Waals surface area (Å²) in [4.78, 5) is 17.2. The zero-order valence-corrected chi connectivity index (χ0v) is 18.9. The molecule has 0 unspecified atom stereocenters. The van der Waals surface area contributed by atoms with Crippen molar-refractivity contribution in [1.29, 1.82) is 5.26 Å². The Morgan fingerprint density at radius 2 is 1.84 bits per heavy atom. The summed E-state index contributed by atoms with van der Waals surface area (Å²) in [7, 11) is 0. The van der Waals surface area contributed by atoms with Crippen molar-refractivity contribution in [3.05, 3.63) is 75.2 Å². The standard InChI is InChI=1S/C24H26N6OS/c1-18-3-5-20(6-4-18)16-26-23(31)24-28-27-22(32-24)17-29-11-2-12-30(14-13-29)21-9-7-19(15-25)8-10-21/h3-10H,2,11-14,16-17H2,1H3,(H,26,31). The number of rotatable bonds is 6. The number of nitrogens with one attached hydrogen (secondary N) is 1. The summed E-state index contributed by atoms with van der Waals surface area (Å²) in [5, 5.41) is 21.5. The molecule has 0 atom stereocenters. The number of benzene rings is 2. The van der Waals surface area contributed by atoms with E-state index >= 15 is 0 Å². The largest absolute Gasteiger partial charge is 0.370 e. The molecule has 0 saturated carbocycles. The third kappa shape index (κ3) is 5.69. The SMILES string of the molecule is Cc1ccc(CNC(=O)c2nnc(CN3CCCN(c4ccc(C#N)cc4)CC3)s2)cc1. The highest BCUT2D eigenvalue weighted by Gasteiger charge is 2.18. The average molecular weight is 447 g/mol. The second-order valence-corrected chi connectivity index (χ2v) is 9.01. The minimum Gasteiger partial charge on any atom is -0.370 e. The van der Waals surface area contributed by atoms with Crippen LogP contribution in [-0.2, 0) is 13.1 Å². The summed E-state index contributed by atoms with van der Waals surface area (Å²) in [6.07, 6.45) is 1.04. The molecule has 164 valence electrons. The first-order valence-corrected chi connectivity index (χ1v) is 11.6. The van der Waals surface area contributed by atoms with E-state index in [0.717, 1.165) is 48.9 Å². The number of aromatic nitrogens is 2. The maximum Gasteiger partial charge on any atom is 0.282 e. The number of hydrogen-bond donors (Lipinski definition) is 1. The second kappa shape index (κ2) is 10.4. The minimum atomic E-state index is -0.183. The lowest BCUT2D eigenvalue weighted by Crippen LogP contribution is -2.30. The van der Waals surface area contributed by atoms with Crippen LogP contribution in [0.5, 0.6) is 0 Å². The number of nitrogens with zero attached hydrogens (tertiary/aromatic N) is 5. The van der Waals surface area contributed by atoms with Gasteiger partial charge in [0, 0.05) is 38.4 Å². The first-order chi connectivity index (χ1) is 15.6. The van der Waals surface area contributed by atoms with E-state index < -0.39 is 0 Å². The van der Waals surface area contributed by atoms with Crippen molar-refractivity contribution in [2.24, 2.45) is 0 Å². The second-order valence-electron chi connectivity index (χ2n) is 7.94. The van der Waals surface area contributed by atoms with Crippen LogP contribution in [0, 0.1) is 18.3 Å². The van der Waals surface area contributed by atoms with Crippen LogP contribution in [-0.4, -0.2) is 47.2 Å². The van der Waals surface area contributed by atoms with Gasteiger partial charge in [-0.25, -0.2) is 0 Å². The third-order valence-corrected chi connectivity index (χ3v) is 6.45. The first-order valence-electron chi connectivity index (χ1n) is 10.7. The van der Waals surface area contributed by atoms with Gasteiger partial charge in [0.25, 0.3) is 5.91 Å². The fraction of sp³-hybridized carbons (Fsp3) is 0.333. The van der Waals surface area contributed by atoms with E-state index in [0.29, 0.717) is 23.7 Å². The minimum absolute atomic E-state index is 0.183. The maximum absolute atomic E-state index is 12.4. The Kier molecular flexibility index (Phi) is 7.10. The molecule has 0 bridgehead atoms. The Morgan fingerprint density at radius 1 is 1.06 bits per heavy atom. The molecular weight excluding hydrogens is 420 g/mol. The van der Waals surface area contributed by atoms with Gasteiger partial charge in [0.1, 0.15) is 5.01 Å². The van der Waals surface area contributed by atoms with E-state index in [1.165, 1.54) is 16.9 Å². The van der Waals surface area contributed by atoms with Gasteiger partial charge in [-0.2, -0.15) is 5.26 Å². The van der Waals surface area contributed by atoms with E-state index in [2.05, 4.69) is 31.4 Å². The lowest BCUT2D eigenvalue weighted by atomic mass is 10.1. The molecule has 3 aromatic rings. The van der Waals surface area contributed by atoms with E-state index in [-0.39, 0.29) is 5.91 Å². The molecule has 1 N–H and O–H groups in total. The Balaban J connectivity index is 1.28. The average Bonchev–Trinajstić information content (AvgIpc) is 3.16. The number of nitriles is 1. The highest BCUT2D eigenvalue weighted by Crippen LogP contribution is 2.19. The number of hydrogen-bond acceptors (Lipinski definition) is 7. The summed E-state index contributed by atoms with van der Waals surface area (Å²) in [5.41, 5.74) is 4.09. The lowest BCUT2D eigenvalue weighted by Gasteiger charge is -2.23. The smallest absolute Gasteiger partial charge is 0.282 e. The normalized spacial score (nSPS) is 14.6. The van der Waals surface area contributed by atoms with Crippen molar-refractivity contribution < 1.29 is 4.79 Å². The van der Waals surface area contributed by atoms with Crippen molar-refractivity contribution >= 4 is 22.9 Å². The summed E-state index contributed by atoms with van der Waals surface area (Å²) in [5.74, 6) is -0.183. The van der Waals surface area contributed by atoms with Gasteiger partial charge in [-0.3, -0.25) is 9.69 Å². The van der Waals surface area contributed by atoms with Crippen LogP contribution in [0.2, 0.25) is 0 Å². The topological polar surface area (TPSA) is 85.2 Å². The molecule has 1 fully saturated rings. The molecule has 7 nitrogen and oxygen atoms in total. The molecule has 1 aromatic heterocycles. The van der Waals surface area contributed by atoms with Gasteiger partial charge in [0.2, 0.25) is 5.01 Å². The van der Waals surface area contributed by atoms with Gasteiger partial charge in [-0.1, -0.05) is 41.2 Å². The number of aryl methyl sites for hydroxylation is 1. The summed E-state index contributed by atoms with van der Waals surface area (Å²) in [6.45, 7) is 6.99. The van der Waals surface area contributed by atoms with E-state index in [9.17, 15) is 4.79 Å². The molecule has 1 aliphatic heterocycles. The predicted octanol–water partition coefficient (Wildman–Crippen LogP) is 3.36. The molecule has 2 heterocycles. The van der Waals surface area contributed by atoms with Crippen LogP contribution in [0.1, 0.15) is 37.9 Å². The Labute approximate surface area is 192 Å².